The predicted octanol–water partition coefficient (Wildman–Crippen LogP) is 4.74. The molecule has 0 N–H and O–H groups in total. The summed E-state index contributed by atoms with van der Waals surface area (Å²) in [7, 11) is 1.64. The van der Waals surface area contributed by atoms with Crippen LogP contribution in [0, 0.1) is 17.2 Å². The van der Waals surface area contributed by atoms with Crippen LogP contribution in [0.25, 0.3) is 11.3 Å². The minimum absolute atomic E-state index is 0.0454. The molecule has 0 atom stereocenters. The quantitative estimate of drug-likeness (QED) is 0.268. The first-order valence-corrected chi connectivity index (χ1v) is 15.8. The van der Waals surface area contributed by atoms with Crippen LogP contribution >= 0.6 is 0 Å². The minimum Gasteiger partial charge on any atom is -0.493 e. The Hall–Kier alpha value is -4.20. The average molecular weight is 614 g/mol. The van der Waals surface area contributed by atoms with E-state index in [-0.39, 0.29) is 17.9 Å². The smallest absolute Gasteiger partial charge is 0.225 e. The van der Waals surface area contributed by atoms with Gasteiger partial charge >= 0.3 is 0 Å². The van der Waals surface area contributed by atoms with Gasteiger partial charge in [0.25, 0.3) is 0 Å². The van der Waals surface area contributed by atoms with Gasteiger partial charge in [0.1, 0.15) is 23.7 Å². The van der Waals surface area contributed by atoms with Gasteiger partial charge in [-0.3, -0.25) is 9.69 Å². The molecule has 3 heterocycles. The number of carbonyl (C=O) groups excluding carboxylic acids is 1. The molecule has 1 aromatic heterocycles. The van der Waals surface area contributed by atoms with E-state index >= 15 is 0 Å². The molecule has 0 spiro atoms. The summed E-state index contributed by atoms with van der Waals surface area (Å²) in [6, 6.07) is 15.6. The van der Waals surface area contributed by atoms with E-state index in [1.807, 2.05) is 61.2 Å². The number of methoxy groups -OCH3 is 1. The van der Waals surface area contributed by atoms with Crippen molar-refractivity contribution >= 4 is 5.91 Å². The number of ether oxygens (including phenoxy) is 4. The topological polar surface area (TPSA) is 110 Å². The monoisotopic (exact) mass is 613 g/mol. The molecule has 2 aromatic carbocycles. The van der Waals surface area contributed by atoms with Crippen molar-refractivity contribution in [1.82, 2.24) is 19.8 Å². The summed E-state index contributed by atoms with van der Waals surface area (Å²) in [4.78, 5) is 25.9. The Labute approximate surface area is 265 Å². The molecule has 10 heteroatoms. The van der Waals surface area contributed by atoms with Gasteiger partial charge in [-0.15, -0.1) is 0 Å². The van der Waals surface area contributed by atoms with Crippen LogP contribution in [0.2, 0.25) is 0 Å². The standard InChI is InChI=1S/C35H43N5O5/c1-25(2)35(41)40-16-14-39(15-17-40)13-4-18-44-33-21-26(5-7-32(33)42-3)22-34-37-12-9-30(38-34)27-6-8-31(28(23-27)24-36)45-29-10-19-43-20-11-29/h5-9,12,21,23,25,29H,4,10-11,13-20,22H2,1-3H3. The molecular formula is C35H43N5O5. The van der Waals surface area contributed by atoms with Gasteiger partial charge in [-0.25, -0.2) is 9.97 Å². The SMILES string of the molecule is COc1ccc(Cc2nccc(-c3ccc(OC4CCOCC4)c(C#N)c3)n2)cc1OCCCN1CCN(C(=O)C(C)C)CC1. The molecule has 2 aliphatic rings. The predicted molar refractivity (Wildman–Crippen MR) is 170 cm³/mol. The van der Waals surface area contributed by atoms with Crippen LogP contribution in [0.15, 0.2) is 48.7 Å². The molecule has 1 amide bonds. The average Bonchev–Trinajstić information content (AvgIpc) is 3.07. The Kier molecular flexibility index (Phi) is 11.2. The molecule has 10 nitrogen and oxygen atoms in total. The van der Waals surface area contributed by atoms with E-state index in [4.69, 9.17) is 23.9 Å². The third-order valence-electron chi connectivity index (χ3n) is 8.21. The van der Waals surface area contributed by atoms with Gasteiger partial charge in [0.15, 0.2) is 11.5 Å². The van der Waals surface area contributed by atoms with Gasteiger partial charge in [-0.1, -0.05) is 19.9 Å². The molecule has 2 fully saturated rings. The van der Waals surface area contributed by atoms with Crippen molar-refractivity contribution in [3.63, 3.8) is 0 Å². The molecule has 0 bridgehead atoms. The van der Waals surface area contributed by atoms with Crippen LogP contribution in [-0.2, 0) is 16.0 Å². The third-order valence-corrected chi connectivity index (χ3v) is 8.21. The number of amides is 1. The van der Waals surface area contributed by atoms with Crippen LogP contribution in [0.3, 0.4) is 0 Å². The molecular weight excluding hydrogens is 570 g/mol. The highest BCUT2D eigenvalue weighted by Crippen LogP contribution is 2.30. The molecule has 2 saturated heterocycles. The van der Waals surface area contributed by atoms with Crippen LogP contribution < -0.4 is 14.2 Å². The lowest BCUT2D eigenvalue weighted by Gasteiger charge is -2.35. The normalized spacial score (nSPS) is 15.9. The number of piperazine rings is 1. The highest BCUT2D eigenvalue weighted by Gasteiger charge is 2.22. The number of carbonyl (C=O) groups is 1. The van der Waals surface area contributed by atoms with Crippen molar-refractivity contribution in [1.29, 1.82) is 5.26 Å². The van der Waals surface area contributed by atoms with Crippen molar-refractivity contribution in [2.75, 3.05) is 59.7 Å². The Morgan fingerprint density at radius 3 is 2.56 bits per heavy atom. The molecule has 0 aliphatic carbocycles. The number of benzene rings is 2. The summed E-state index contributed by atoms with van der Waals surface area (Å²) in [6.45, 7) is 10.1. The second-order valence-electron chi connectivity index (χ2n) is 11.8. The number of aromatic nitrogens is 2. The lowest BCUT2D eigenvalue weighted by atomic mass is 10.1. The summed E-state index contributed by atoms with van der Waals surface area (Å²) in [5, 5.41) is 9.80. The van der Waals surface area contributed by atoms with Gasteiger partial charge in [0.05, 0.1) is 38.2 Å². The molecule has 238 valence electrons. The maximum Gasteiger partial charge on any atom is 0.225 e. The minimum atomic E-state index is 0.0454. The van der Waals surface area contributed by atoms with Crippen LogP contribution in [0.5, 0.6) is 17.2 Å². The molecule has 3 aromatic rings. The largest absolute Gasteiger partial charge is 0.493 e. The summed E-state index contributed by atoms with van der Waals surface area (Å²) < 4.78 is 23.3. The zero-order chi connectivity index (χ0) is 31.6. The fraction of sp³-hybridized carbons (Fsp3) is 0.486. The summed E-state index contributed by atoms with van der Waals surface area (Å²) >= 11 is 0. The number of hydrogen-bond donors (Lipinski definition) is 0. The van der Waals surface area contributed by atoms with Crippen LogP contribution in [0.4, 0.5) is 0 Å². The molecule has 5 rings (SSSR count). The molecule has 0 radical (unpaired) electrons. The highest BCUT2D eigenvalue weighted by molar-refractivity contribution is 5.78. The van der Waals surface area contributed by atoms with Gasteiger partial charge in [0, 0.05) is 69.7 Å². The highest BCUT2D eigenvalue weighted by atomic mass is 16.5. The van der Waals surface area contributed by atoms with E-state index in [2.05, 4.69) is 16.0 Å². The van der Waals surface area contributed by atoms with Gasteiger partial charge in [-0.05, 0) is 48.4 Å². The van der Waals surface area contributed by atoms with E-state index in [0.29, 0.717) is 54.9 Å². The maximum absolute atomic E-state index is 12.2. The van der Waals surface area contributed by atoms with E-state index < -0.39 is 0 Å². The number of nitriles is 1. The van der Waals surface area contributed by atoms with Crippen molar-refractivity contribution in [2.24, 2.45) is 5.92 Å². The zero-order valence-corrected chi connectivity index (χ0v) is 26.5. The molecule has 0 saturated carbocycles. The van der Waals surface area contributed by atoms with E-state index in [1.54, 1.807) is 13.3 Å². The summed E-state index contributed by atoms with van der Waals surface area (Å²) in [5.74, 6) is 2.91. The van der Waals surface area contributed by atoms with Crippen LogP contribution in [0.1, 0.15) is 50.1 Å². The fourth-order valence-electron chi connectivity index (χ4n) is 5.65. The molecule has 45 heavy (non-hydrogen) atoms. The second-order valence-corrected chi connectivity index (χ2v) is 11.8. The van der Waals surface area contributed by atoms with E-state index in [0.717, 1.165) is 68.8 Å². The maximum atomic E-state index is 12.2. The summed E-state index contributed by atoms with van der Waals surface area (Å²) in [6.07, 6.45) is 4.84. The first kappa shape index (κ1) is 32.2. The van der Waals surface area contributed by atoms with Crippen molar-refractivity contribution in [3.8, 4) is 34.6 Å². The van der Waals surface area contributed by atoms with Gasteiger partial charge < -0.3 is 23.8 Å². The van der Waals surface area contributed by atoms with Crippen molar-refractivity contribution in [3.05, 3.63) is 65.6 Å². The number of hydrogen-bond acceptors (Lipinski definition) is 9. The first-order valence-electron chi connectivity index (χ1n) is 15.8. The Morgan fingerprint density at radius 1 is 1.04 bits per heavy atom. The Bertz CT molecular complexity index is 1480. The van der Waals surface area contributed by atoms with E-state index in [1.165, 1.54) is 0 Å². The Morgan fingerprint density at radius 2 is 1.82 bits per heavy atom. The first-order chi connectivity index (χ1) is 21.9. The van der Waals surface area contributed by atoms with Crippen molar-refractivity contribution < 1.29 is 23.7 Å². The number of rotatable bonds is 12. The lowest BCUT2D eigenvalue weighted by Crippen LogP contribution is -2.50. The number of nitrogens with zero attached hydrogens (tertiary/aromatic N) is 5. The summed E-state index contributed by atoms with van der Waals surface area (Å²) in [5.41, 5.74) is 3.07. The second kappa shape index (κ2) is 15.7. The van der Waals surface area contributed by atoms with Gasteiger partial charge in [0.2, 0.25) is 5.91 Å². The van der Waals surface area contributed by atoms with Crippen molar-refractivity contribution in [2.45, 2.75) is 45.6 Å². The van der Waals surface area contributed by atoms with Crippen LogP contribution in [-0.4, -0.2) is 91.4 Å². The van der Waals surface area contributed by atoms with E-state index in [9.17, 15) is 10.1 Å². The third kappa shape index (κ3) is 8.71. The molecule has 2 aliphatic heterocycles. The van der Waals surface area contributed by atoms with Gasteiger partial charge in [-0.2, -0.15) is 5.26 Å². The lowest BCUT2D eigenvalue weighted by molar-refractivity contribution is -0.136. The molecule has 0 unspecified atom stereocenters. The Balaban J connectivity index is 1.17. The zero-order valence-electron chi connectivity index (χ0n) is 26.5. The fourth-order valence-corrected chi connectivity index (χ4v) is 5.65.